The van der Waals surface area contributed by atoms with Gasteiger partial charge in [-0.25, -0.2) is 13.2 Å². The van der Waals surface area contributed by atoms with Gasteiger partial charge in [0.05, 0.1) is 12.0 Å². The molecule has 0 aliphatic carbocycles. The van der Waals surface area contributed by atoms with Crippen molar-refractivity contribution in [3.63, 3.8) is 0 Å². The third-order valence-electron chi connectivity index (χ3n) is 1.82. The molecule has 2 N–H and O–H groups in total. The van der Waals surface area contributed by atoms with Crippen LogP contribution in [0.2, 0.25) is 0 Å². The Hall–Kier alpha value is 0.0200. The Kier molecular flexibility index (Phi) is 8.17. The Morgan fingerprint density at radius 2 is 2.12 bits per heavy atom. The third kappa shape index (κ3) is 8.20. The van der Waals surface area contributed by atoms with Crippen molar-refractivity contribution in [2.24, 2.45) is 0 Å². The minimum atomic E-state index is -3.29. The molecule has 0 aromatic carbocycles. The van der Waals surface area contributed by atoms with Crippen LogP contribution in [0.5, 0.6) is 0 Å². The summed E-state index contributed by atoms with van der Waals surface area (Å²) in [4.78, 5) is 0. The maximum absolute atomic E-state index is 13.1. The number of hydrogen-bond acceptors (Lipinski definition) is 4. The molecule has 0 fully saturated rings. The summed E-state index contributed by atoms with van der Waals surface area (Å²) in [6, 6.07) is 0. The van der Waals surface area contributed by atoms with Gasteiger partial charge in [-0.3, -0.25) is 0 Å². The minimum absolute atomic E-state index is 0.0622. The van der Waals surface area contributed by atoms with Crippen molar-refractivity contribution >= 4 is 11.8 Å². The zero-order valence-corrected chi connectivity index (χ0v) is 10.2. The van der Waals surface area contributed by atoms with Crippen LogP contribution in [0.15, 0.2) is 0 Å². The number of ether oxygens (including phenoxy) is 1. The van der Waals surface area contributed by atoms with Crippen LogP contribution in [0.25, 0.3) is 0 Å². The first-order chi connectivity index (χ1) is 7.41. The first-order valence-corrected chi connectivity index (χ1v) is 6.16. The molecule has 0 aliphatic rings. The standard InChI is InChI=1S/C9H18F3NO2S/c1-7(16-2)13-3-8(10)4-15-6-9(11,12)5-14/h7-8,13-14H,3-6H2,1-2H3. The summed E-state index contributed by atoms with van der Waals surface area (Å²) >= 11 is 1.53. The molecule has 0 aromatic rings. The van der Waals surface area contributed by atoms with Crippen LogP contribution in [0.3, 0.4) is 0 Å². The highest BCUT2D eigenvalue weighted by Crippen LogP contribution is 2.12. The van der Waals surface area contributed by atoms with E-state index in [2.05, 4.69) is 10.1 Å². The van der Waals surface area contributed by atoms with E-state index in [4.69, 9.17) is 5.11 Å². The summed E-state index contributed by atoms with van der Waals surface area (Å²) in [6.45, 7) is -0.706. The quantitative estimate of drug-likeness (QED) is 0.613. The lowest BCUT2D eigenvalue weighted by Crippen LogP contribution is -2.34. The lowest BCUT2D eigenvalue weighted by Gasteiger charge is -2.16. The summed E-state index contributed by atoms with van der Waals surface area (Å²) in [5, 5.41) is 11.2. The van der Waals surface area contributed by atoms with Crippen LogP contribution in [-0.2, 0) is 4.74 Å². The molecule has 0 bridgehead atoms. The van der Waals surface area contributed by atoms with Crippen LogP contribution >= 0.6 is 11.8 Å². The number of halogens is 3. The van der Waals surface area contributed by atoms with E-state index >= 15 is 0 Å². The molecule has 16 heavy (non-hydrogen) atoms. The van der Waals surface area contributed by atoms with E-state index in [0.717, 1.165) is 0 Å². The largest absolute Gasteiger partial charge is 0.390 e. The van der Waals surface area contributed by atoms with Crippen molar-refractivity contribution in [3.8, 4) is 0 Å². The molecular formula is C9H18F3NO2S. The Bertz CT molecular complexity index is 186. The summed E-state index contributed by atoms with van der Waals surface area (Å²) in [5.41, 5.74) is 0. The van der Waals surface area contributed by atoms with E-state index in [-0.39, 0.29) is 11.9 Å². The highest BCUT2D eigenvalue weighted by molar-refractivity contribution is 7.99. The summed E-state index contributed by atoms with van der Waals surface area (Å²) in [7, 11) is 0. The predicted octanol–water partition coefficient (Wildman–Crippen LogP) is 1.27. The van der Waals surface area contributed by atoms with Gasteiger partial charge in [-0.2, -0.15) is 0 Å². The van der Waals surface area contributed by atoms with Gasteiger partial charge >= 0.3 is 0 Å². The molecule has 0 rings (SSSR count). The summed E-state index contributed by atoms with van der Waals surface area (Å²) < 4.78 is 42.5. The second-order valence-corrected chi connectivity index (χ2v) is 4.59. The molecule has 0 saturated carbocycles. The van der Waals surface area contributed by atoms with Crippen molar-refractivity contribution in [3.05, 3.63) is 0 Å². The molecule has 0 radical (unpaired) electrons. The van der Waals surface area contributed by atoms with E-state index in [1.165, 1.54) is 11.8 Å². The number of aliphatic hydroxyl groups is 1. The normalized spacial score (nSPS) is 16.1. The van der Waals surface area contributed by atoms with Crippen LogP contribution in [0.4, 0.5) is 13.2 Å². The smallest absolute Gasteiger partial charge is 0.293 e. The highest BCUT2D eigenvalue weighted by Gasteiger charge is 2.28. The first kappa shape index (κ1) is 16.0. The molecule has 0 aliphatic heterocycles. The SMILES string of the molecule is CSC(C)NCC(F)COCC(F)(F)CO. The molecule has 0 saturated heterocycles. The predicted molar refractivity (Wildman–Crippen MR) is 58.7 cm³/mol. The van der Waals surface area contributed by atoms with Gasteiger partial charge in [0.2, 0.25) is 0 Å². The minimum Gasteiger partial charge on any atom is -0.390 e. The van der Waals surface area contributed by atoms with E-state index < -0.39 is 31.9 Å². The highest BCUT2D eigenvalue weighted by atomic mass is 32.2. The summed E-state index contributed by atoms with van der Waals surface area (Å²) in [6.07, 6.45) is 0.549. The van der Waals surface area contributed by atoms with Crippen molar-refractivity contribution < 1.29 is 23.0 Å². The van der Waals surface area contributed by atoms with Crippen molar-refractivity contribution in [1.82, 2.24) is 5.32 Å². The van der Waals surface area contributed by atoms with Gasteiger partial charge in [-0.1, -0.05) is 0 Å². The van der Waals surface area contributed by atoms with E-state index in [1.54, 1.807) is 0 Å². The van der Waals surface area contributed by atoms with Crippen molar-refractivity contribution in [1.29, 1.82) is 0 Å². The van der Waals surface area contributed by atoms with Gasteiger partial charge in [-0.15, -0.1) is 11.8 Å². The molecule has 7 heteroatoms. The van der Waals surface area contributed by atoms with Gasteiger partial charge in [0, 0.05) is 6.54 Å². The first-order valence-electron chi connectivity index (χ1n) is 4.88. The Balaban J connectivity index is 3.54. The number of alkyl halides is 3. The van der Waals surface area contributed by atoms with E-state index in [9.17, 15) is 13.2 Å². The maximum atomic E-state index is 13.1. The van der Waals surface area contributed by atoms with E-state index in [0.29, 0.717) is 0 Å². The fraction of sp³-hybridized carbons (Fsp3) is 1.00. The van der Waals surface area contributed by atoms with Crippen LogP contribution in [0, 0.1) is 0 Å². The molecule has 3 nitrogen and oxygen atoms in total. The fourth-order valence-corrected chi connectivity index (χ4v) is 1.08. The lowest BCUT2D eigenvalue weighted by atomic mass is 10.3. The van der Waals surface area contributed by atoms with Gasteiger partial charge < -0.3 is 15.2 Å². The zero-order valence-electron chi connectivity index (χ0n) is 9.38. The van der Waals surface area contributed by atoms with Crippen LogP contribution < -0.4 is 5.32 Å². The fourth-order valence-electron chi connectivity index (χ4n) is 0.818. The third-order valence-corrected chi connectivity index (χ3v) is 2.70. The van der Waals surface area contributed by atoms with Crippen LogP contribution in [0.1, 0.15) is 6.92 Å². The van der Waals surface area contributed by atoms with Gasteiger partial charge in [0.25, 0.3) is 5.92 Å². The second kappa shape index (κ2) is 8.16. The molecule has 2 unspecified atom stereocenters. The van der Waals surface area contributed by atoms with Crippen molar-refractivity contribution in [2.45, 2.75) is 24.4 Å². The number of hydrogen-bond donors (Lipinski definition) is 2. The average Bonchev–Trinajstić information content (AvgIpc) is 2.25. The second-order valence-electron chi connectivity index (χ2n) is 3.41. The van der Waals surface area contributed by atoms with Crippen LogP contribution in [-0.4, -0.2) is 55.2 Å². The summed E-state index contributed by atoms with van der Waals surface area (Å²) in [5.74, 6) is -3.29. The van der Waals surface area contributed by atoms with Gasteiger partial charge in [-0.05, 0) is 13.2 Å². The zero-order chi connectivity index (χ0) is 12.6. The lowest BCUT2D eigenvalue weighted by molar-refractivity contribution is -0.112. The average molecular weight is 261 g/mol. The molecular weight excluding hydrogens is 243 g/mol. The molecule has 0 spiro atoms. The monoisotopic (exact) mass is 261 g/mol. The molecule has 0 aromatic heterocycles. The topological polar surface area (TPSA) is 41.5 Å². The molecule has 0 amide bonds. The Morgan fingerprint density at radius 3 is 2.62 bits per heavy atom. The molecule has 2 atom stereocenters. The maximum Gasteiger partial charge on any atom is 0.293 e. The van der Waals surface area contributed by atoms with Gasteiger partial charge in [0.15, 0.2) is 0 Å². The Morgan fingerprint density at radius 1 is 1.50 bits per heavy atom. The Labute approximate surface area is 97.7 Å². The van der Waals surface area contributed by atoms with Gasteiger partial charge in [0.1, 0.15) is 19.4 Å². The molecule has 98 valence electrons. The number of rotatable bonds is 9. The van der Waals surface area contributed by atoms with Crippen molar-refractivity contribution in [2.75, 3.05) is 32.6 Å². The molecule has 0 heterocycles. The number of aliphatic hydroxyl groups excluding tert-OH is 1. The number of thioether (sulfide) groups is 1. The number of nitrogens with one attached hydrogen (secondary N) is 1. The van der Waals surface area contributed by atoms with E-state index in [1.807, 2.05) is 13.2 Å².